The second-order valence-corrected chi connectivity index (χ2v) is 5.72. The Morgan fingerprint density at radius 3 is 2.85 bits per heavy atom. The third-order valence-corrected chi connectivity index (χ3v) is 4.41. The van der Waals surface area contributed by atoms with Gasteiger partial charge in [0.05, 0.1) is 11.4 Å². The quantitative estimate of drug-likeness (QED) is 0.921. The third-order valence-electron chi connectivity index (χ3n) is 4.41. The molecule has 1 fully saturated rings. The second kappa shape index (κ2) is 5.61. The Hall–Kier alpha value is -1.90. The van der Waals surface area contributed by atoms with Gasteiger partial charge in [-0.2, -0.15) is 0 Å². The summed E-state index contributed by atoms with van der Waals surface area (Å²) in [5.74, 6) is -0.549. The molecule has 104 valence electrons. The molecule has 0 radical (unpaired) electrons. The topological polar surface area (TPSA) is 50.2 Å². The van der Waals surface area contributed by atoms with E-state index in [4.69, 9.17) is 0 Å². The minimum absolute atomic E-state index is 0.244. The zero-order valence-corrected chi connectivity index (χ0v) is 11.5. The van der Waals surface area contributed by atoms with Crippen molar-refractivity contribution in [3.63, 3.8) is 0 Å². The van der Waals surface area contributed by atoms with Gasteiger partial charge in [-0.25, -0.2) is 0 Å². The van der Waals surface area contributed by atoms with Crippen molar-refractivity contribution < 1.29 is 9.90 Å². The lowest BCUT2D eigenvalue weighted by atomic mass is 9.85. The van der Waals surface area contributed by atoms with Crippen LogP contribution in [0.2, 0.25) is 0 Å². The van der Waals surface area contributed by atoms with Gasteiger partial charge >= 0.3 is 5.97 Å². The number of nitrogens with zero attached hydrogens (tertiary/aromatic N) is 1. The van der Waals surface area contributed by atoms with E-state index in [0.29, 0.717) is 12.3 Å². The Balaban J connectivity index is 1.84. The van der Waals surface area contributed by atoms with Gasteiger partial charge in [0.1, 0.15) is 0 Å². The van der Waals surface area contributed by atoms with E-state index in [1.807, 2.05) is 24.3 Å². The first-order valence-electron chi connectivity index (χ1n) is 7.30. The molecular weight excluding hydrogens is 250 g/mol. The number of hydrogen-bond acceptors (Lipinski definition) is 2. The molecule has 1 aromatic heterocycles. The molecule has 1 aromatic carbocycles. The lowest BCUT2D eigenvalue weighted by Crippen LogP contribution is -2.24. The molecular formula is C17H19NO2. The number of pyridine rings is 1. The van der Waals surface area contributed by atoms with Crippen LogP contribution in [0.3, 0.4) is 0 Å². The van der Waals surface area contributed by atoms with E-state index >= 15 is 0 Å². The van der Waals surface area contributed by atoms with Crippen molar-refractivity contribution in [2.75, 3.05) is 0 Å². The van der Waals surface area contributed by atoms with Crippen LogP contribution in [-0.2, 0) is 11.2 Å². The van der Waals surface area contributed by atoms with Crippen molar-refractivity contribution in [3.8, 4) is 0 Å². The summed E-state index contributed by atoms with van der Waals surface area (Å²) in [7, 11) is 0. The van der Waals surface area contributed by atoms with E-state index in [-0.39, 0.29) is 5.92 Å². The fourth-order valence-electron chi connectivity index (χ4n) is 3.32. The first-order chi connectivity index (χ1) is 9.74. The van der Waals surface area contributed by atoms with Gasteiger partial charge in [0.15, 0.2) is 0 Å². The number of carboxylic acids is 1. The largest absolute Gasteiger partial charge is 0.481 e. The van der Waals surface area contributed by atoms with Crippen molar-refractivity contribution in [2.24, 2.45) is 11.8 Å². The van der Waals surface area contributed by atoms with Gasteiger partial charge in [0.2, 0.25) is 0 Å². The van der Waals surface area contributed by atoms with E-state index in [2.05, 4.69) is 11.1 Å². The lowest BCUT2D eigenvalue weighted by molar-refractivity contribution is -0.143. The molecule has 0 saturated heterocycles. The number of carboxylic acid groups (broad SMARTS) is 1. The fraction of sp³-hybridized carbons (Fsp3) is 0.412. The van der Waals surface area contributed by atoms with Crippen molar-refractivity contribution in [1.82, 2.24) is 4.98 Å². The molecule has 1 heterocycles. The second-order valence-electron chi connectivity index (χ2n) is 5.72. The van der Waals surface area contributed by atoms with Gasteiger partial charge < -0.3 is 5.11 Å². The van der Waals surface area contributed by atoms with Gasteiger partial charge in [-0.1, -0.05) is 25.0 Å². The monoisotopic (exact) mass is 269 g/mol. The van der Waals surface area contributed by atoms with Crippen LogP contribution in [0.1, 0.15) is 31.2 Å². The molecule has 2 aromatic rings. The van der Waals surface area contributed by atoms with Crippen molar-refractivity contribution in [2.45, 2.75) is 32.1 Å². The van der Waals surface area contributed by atoms with Gasteiger partial charge in [-0.3, -0.25) is 9.78 Å². The standard InChI is InChI=1S/C17H19NO2/c19-17(20)15(13-4-1-2-5-13)11-12-7-8-16-14(10-12)6-3-9-18-16/h3,6-10,13,15H,1-2,4-5,11H2,(H,19,20). The van der Waals surface area contributed by atoms with Crippen molar-refractivity contribution in [3.05, 3.63) is 42.1 Å². The Bertz CT molecular complexity index is 617. The molecule has 1 N–H and O–H groups in total. The molecule has 20 heavy (non-hydrogen) atoms. The summed E-state index contributed by atoms with van der Waals surface area (Å²) < 4.78 is 0. The zero-order chi connectivity index (χ0) is 13.9. The van der Waals surface area contributed by atoms with Crippen molar-refractivity contribution in [1.29, 1.82) is 0 Å². The van der Waals surface area contributed by atoms with Gasteiger partial charge in [0, 0.05) is 11.6 Å². The number of aromatic nitrogens is 1. The first-order valence-corrected chi connectivity index (χ1v) is 7.30. The molecule has 3 heteroatoms. The number of rotatable bonds is 4. The molecule has 1 unspecified atom stereocenters. The smallest absolute Gasteiger partial charge is 0.307 e. The Kier molecular flexibility index (Phi) is 3.68. The van der Waals surface area contributed by atoms with E-state index in [0.717, 1.165) is 29.3 Å². The van der Waals surface area contributed by atoms with Crippen LogP contribution in [0, 0.1) is 11.8 Å². The van der Waals surface area contributed by atoms with E-state index in [1.54, 1.807) is 6.20 Å². The molecule has 0 amide bonds. The highest BCUT2D eigenvalue weighted by molar-refractivity contribution is 5.79. The Morgan fingerprint density at radius 1 is 1.30 bits per heavy atom. The highest BCUT2D eigenvalue weighted by atomic mass is 16.4. The van der Waals surface area contributed by atoms with Crippen LogP contribution in [0.4, 0.5) is 0 Å². The Morgan fingerprint density at radius 2 is 2.10 bits per heavy atom. The van der Waals surface area contributed by atoms with E-state index in [9.17, 15) is 9.90 Å². The van der Waals surface area contributed by atoms with Crippen LogP contribution in [-0.4, -0.2) is 16.1 Å². The maximum absolute atomic E-state index is 11.5. The number of benzene rings is 1. The first kappa shape index (κ1) is 13.1. The summed E-state index contributed by atoms with van der Waals surface area (Å²) in [4.78, 5) is 15.8. The number of fused-ring (bicyclic) bond motifs is 1. The maximum Gasteiger partial charge on any atom is 0.307 e. The highest BCUT2D eigenvalue weighted by Crippen LogP contribution is 2.33. The van der Waals surface area contributed by atoms with E-state index in [1.165, 1.54) is 12.8 Å². The SMILES string of the molecule is O=C(O)C(Cc1ccc2ncccc2c1)C1CCCC1. The van der Waals surface area contributed by atoms with Crippen molar-refractivity contribution >= 4 is 16.9 Å². The van der Waals surface area contributed by atoms with Gasteiger partial charge in [-0.15, -0.1) is 0 Å². The molecule has 1 aliphatic rings. The number of hydrogen-bond donors (Lipinski definition) is 1. The fourth-order valence-corrected chi connectivity index (χ4v) is 3.32. The highest BCUT2D eigenvalue weighted by Gasteiger charge is 2.30. The molecule has 3 rings (SSSR count). The van der Waals surface area contributed by atoms with Crippen LogP contribution in [0.25, 0.3) is 10.9 Å². The molecule has 1 aliphatic carbocycles. The molecule has 0 bridgehead atoms. The minimum atomic E-state index is -0.650. The summed E-state index contributed by atoms with van der Waals surface area (Å²) in [6, 6.07) is 10.0. The normalized spacial score (nSPS) is 17.4. The average Bonchev–Trinajstić information content (AvgIpc) is 2.98. The number of aliphatic carboxylic acids is 1. The summed E-state index contributed by atoms with van der Waals surface area (Å²) >= 11 is 0. The molecule has 1 saturated carbocycles. The summed E-state index contributed by atoms with van der Waals surface area (Å²) in [5, 5.41) is 10.6. The predicted molar refractivity (Wildman–Crippen MR) is 78.5 cm³/mol. The van der Waals surface area contributed by atoms with Crippen LogP contribution in [0.5, 0.6) is 0 Å². The minimum Gasteiger partial charge on any atom is -0.481 e. The molecule has 1 atom stereocenters. The average molecular weight is 269 g/mol. The van der Waals surface area contributed by atoms with Crippen LogP contribution in [0.15, 0.2) is 36.5 Å². The predicted octanol–water partition coefficient (Wildman–Crippen LogP) is 3.67. The Labute approximate surface area is 118 Å². The molecule has 0 aliphatic heterocycles. The van der Waals surface area contributed by atoms with Crippen LogP contribution < -0.4 is 0 Å². The summed E-state index contributed by atoms with van der Waals surface area (Å²) in [6.07, 6.45) is 6.88. The van der Waals surface area contributed by atoms with Gasteiger partial charge in [0.25, 0.3) is 0 Å². The van der Waals surface area contributed by atoms with Gasteiger partial charge in [-0.05, 0) is 48.9 Å². The zero-order valence-electron chi connectivity index (χ0n) is 11.5. The molecule has 3 nitrogen and oxygen atoms in total. The van der Waals surface area contributed by atoms with Crippen LogP contribution >= 0.6 is 0 Å². The summed E-state index contributed by atoms with van der Waals surface area (Å²) in [6.45, 7) is 0. The number of carbonyl (C=O) groups is 1. The molecule has 0 spiro atoms. The maximum atomic E-state index is 11.5. The third kappa shape index (κ3) is 2.67. The lowest BCUT2D eigenvalue weighted by Gasteiger charge is -2.19. The van der Waals surface area contributed by atoms with E-state index < -0.39 is 5.97 Å². The summed E-state index contributed by atoms with van der Waals surface area (Å²) in [5.41, 5.74) is 2.06.